The van der Waals surface area contributed by atoms with Crippen molar-refractivity contribution in [1.29, 1.82) is 0 Å². The van der Waals surface area contributed by atoms with E-state index < -0.39 is 0 Å². The van der Waals surface area contributed by atoms with Gasteiger partial charge < -0.3 is 20.4 Å². The van der Waals surface area contributed by atoms with E-state index in [0.717, 1.165) is 58.2 Å². The number of halogens is 1. The van der Waals surface area contributed by atoms with Crippen LogP contribution in [0.15, 0.2) is 0 Å². The molecule has 2 heterocycles. The molecule has 0 spiro atoms. The summed E-state index contributed by atoms with van der Waals surface area (Å²) in [4.78, 5) is 41.1. The maximum atomic E-state index is 12.7. The van der Waals surface area contributed by atoms with E-state index in [4.69, 9.17) is 0 Å². The fraction of sp³-hybridized carbons (Fsp3) is 0.850. The number of amides is 3. The lowest BCUT2D eigenvalue weighted by Crippen LogP contribution is -2.57. The number of piperidine rings is 1. The second-order valence-corrected chi connectivity index (χ2v) is 8.35. The van der Waals surface area contributed by atoms with Crippen molar-refractivity contribution in [1.82, 2.24) is 20.4 Å². The summed E-state index contributed by atoms with van der Waals surface area (Å²) in [5.74, 6) is 0.444. The van der Waals surface area contributed by atoms with Crippen LogP contribution in [0.2, 0.25) is 0 Å². The highest BCUT2D eigenvalue weighted by Crippen LogP contribution is 2.24. The molecule has 0 aromatic rings. The average molecular weight is 415 g/mol. The van der Waals surface area contributed by atoms with Crippen molar-refractivity contribution in [3.05, 3.63) is 0 Å². The Morgan fingerprint density at radius 2 is 1.89 bits per heavy atom. The Hall–Kier alpha value is -1.34. The first-order valence-electron chi connectivity index (χ1n) is 10.6. The van der Waals surface area contributed by atoms with Crippen LogP contribution >= 0.6 is 12.4 Å². The Balaban J connectivity index is 0.00000280. The third kappa shape index (κ3) is 6.08. The summed E-state index contributed by atoms with van der Waals surface area (Å²) in [7, 11) is 0. The van der Waals surface area contributed by atoms with Gasteiger partial charge in [0, 0.05) is 50.6 Å². The molecule has 1 saturated carbocycles. The third-order valence-electron chi connectivity index (χ3n) is 6.16. The Labute approximate surface area is 174 Å². The Bertz CT molecular complexity index is 554. The van der Waals surface area contributed by atoms with E-state index in [-0.39, 0.29) is 48.1 Å². The normalized spacial score (nSPS) is 25.0. The monoisotopic (exact) mass is 414 g/mol. The van der Waals surface area contributed by atoms with Crippen molar-refractivity contribution in [2.45, 2.75) is 70.4 Å². The first-order chi connectivity index (χ1) is 13.0. The Morgan fingerprint density at radius 1 is 1.14 bits per heavy atom. The van der Waals surface area contributed by atoms with Crippen LogP contribution < -0.4 is 10.6 Å². The second kappa shape index (κ2) is 11.0. The average Bonchev–Trinajstić information content (AvgIpc) is 2.69. The van der Waals surface area contributed by atoms with E-state index in [1.807, 2.05) is 16.7 Å². The lowest BCUT2D eigenvalue weighted by molar-refractivity contribution is -0.140. The molecule has 3 rings (SSSR count). The number of carbonyl (C=O) groups is 3. The zero-order chi connectivity index (χ0) is 19.2. The molecule has 3 aliphatic rings. The Morgan fingerprint density at radius 3 is 2.61 bits per heavy atom. The maximum absolute atomic E-state index is 12.7. The number of hydrogen-bond acceptors (Lipinski definition) is 4. The molecule has 7 nitrogen and oxygen atoms in total. The molecule has 2 saturated heterocycles. The van der Waals surface area contributed by atoms with Crippen molar-refractivity contribution < 1.29 is 14.4 Å². The van der Waals surface area contributed by atoms with Gasteiger partial charge in [0.05, 0.1) is 6.54 Å². The fourth-order valence-corrected chi connectivity index (χ4v) is 4.61. The standard InChI is InChI=1S/C20H34N4O3.ClH/c1-15(22-20(27)16-6-3-2-4-7-16)12-18(25)23-10-5-8-17(14-23)24-11-9-21-13-19(24)26;/h15-17,21H,2-14H2,1H3,(H,22,27);1H. The van der Waals surface area contributed by atoms with Crippen molar-refractivity contribution in [2.75, 3.05) is 32.7 Å². The van der Waals surface area contributed by atoms with Gasteiger partial charge in [-0.05, 0) is 32.6 Å². The number of piperazine rings is 1. The van der Waals surface area contributed by atoms with E-state index >= 15 is 0 Å². The molecule has 0 aromatic heterocycles. The minimum absolute atomic E-state index is 0. The lowest BCUT2D eigenvalue weighted by atomic mass is 9.88. The van der Waals surface area contributed by atoms with Crippen molar-refractivity contribution >= 4 is 30.1 Å². The van der Waals surface area contributed by atoms with Crippen LogP contribution in [-0.2, 0) is 14.4 Å². The predicted octanol–water partition coefficient (Wildman–Crippen LogP) is 1.31. The number of carbonyl (C=O) groups excluding carboxylic acids is 3. The van der Waals surface area contributed by atoms with Gasteiger partial charge in [0.2, 0.25) is 17.7 Å². The highest BCUT2D eigenvalue weighted by molar-refractivity contribution is 5.85. The highest BCUT2D eigenvalue weighted by Gasteiger charge is 2.32. The Kier molecular flexibility index (Phi) is 9.02. The van der Waals surface area contributed by atoms with Crippen LogP contribution in [0.25, 0.3) is 0 Å². The largest absolute Gasteiger partial charge is 0.353 e. The van der Waals surface area contributed by atoms with Gasteiger partial charge in [-0.3, -0.25) is 14.4 Å². The minimum atomic E-state index is -0.145. The molecule has 0 bridgehead atoms. The maximum Gasteiger partial charge on any atom is 0.236 e. The molecule has 0 aromatic carbocycles. The fourth-order valence-electron chi connectivity index (χ4n) is 4.61. The molecule has 3 fully saturated rings. The van der Waals surface area contributed by atoms with Crippen molar-refractivity contribution in [3.8, 4) is 0 Å². The van der Waals surface area contributed by atoms with Gasteiger partial charge in [-0.1, -0.05) is 19.3 Å². The summed E-state index contributed by atoms with van der Waals surface area (Å²) < 4.78 is 0. The van der Waals surface area contributed by atoms with E-state index in [1.165, 1.54) is 6.42 Å². The molecule has 2 unspecified atom stereocenters. The lowest BCUT2D eigenvalue weighted by Gasteiger charge is -2.41. The number of hydrogen-bond donors (Lipinski definition) is 2. The van der Waals surface area contributed by atoms with E-state index in [1.54, 1.807) is 0 Å². The molecule has 2 N–H and O–H groups in total. The molecule has 2 aliphatic heterocycles. The summed E-state index contributed by atoms with van der Waals surface area (Å²) >= 11 is 0. The first kappa shape index (κ1) is 22.9. The molecule has 160 valence electrons. The highest BCUT2D eigenvalue weighted by atomic mass is 35.5. The molecule has 8 heteroatoms. The van der Waals surface area contributed by atoms with Gasteiger partial charge in [0.25, 0.3) is 0 Å². The predicted molar refractivity (Wildman–Crippen MR) is 110 cm³/mol. The number of nitrogens with one attached hydrogen (secondary N) is 2. The van der Waals surface area contributed by atoms with Crippen molar-refractivity contribution in [2.24, 2.45) is 5.92 Å². The topological polar surface area (TPSA) is 81.8 Å². The van der Waals surface area contributed by atoms with E-state index in [9.17, 15) is 14.4 Å². The third-order valence-corrected chi connectivity index (χ3v) is 6.16. The zero-order valence-electron chi connectivity index (χ0n) is 17.0. The summed E-state index contributed by atoms with van der Waals surface area (Å²) in [6.45, 7) is 5.22. The van der Waals surface area contributed by atoms with Gasteiger partial charge in [0.15, 0.2) is 0 Å². The summed E-state index contributed by atoms with van der Waals surface area (Å²) in [6.07, 6.45) is 7.65. The summed E-state index contributed by atoms with van der Waals surface area (Å²) in [5.41, 5.74) is 0. The van der Waals surface area contributed by atoms with Crippen LogP contribution in [-0.4, -0.2) is 72.3 Å². The zero-order valence-corrected chi connectivity index (χ0v) is 17.8. The van der Waals surface area contributed by atoms with Crippen LogP contribution in [0.3, 0.4) is 0 Å². The van der Waals surface area contributed by atoms with Crippen molar-refractivity contribution in [3.63, 3.8) is 0 Å². The van der Waals surface area contributed by atoms with Gasteiger partial charge in [-0.2, -0.15) is 0 Å². The molecule has 3 amide bonds. The molecular weight excluding hydrogens is 380 g/mol. The van der Waals surface area contributed by atoms with E-state index in [2.05, 4.69) is 10.6 Å². The van der Waals surface area contributed by atoms with Crippen LogP contribution in [0.4, 0.5) is 0 Å². The number of rotatable bonds is 5. The molecule has 1 aliphatic carbocycles. The van der Waals surface area contributed by atoms with E-state index in [0.29, 0.717) is 19.5 Å². The summed E-state index contributed by atoms with van der Waals surface area (Å²) in [6, 6.07) is -0.0162. The van der Waals surface area contributed by atoms with Gasteiger partial charge in [-0.25, -0.2) is 0 Å². The van der Waals surface area contributed by atoms with Gasteiger partial charge in [-0.15, -0.1) is 12.4 Å². The quantitative estimate of drug-likeness (QED) is 0.710. The second-order valence-electron chi connectivity index (χ2n) is 8.35. The molecule has 28 heavy (non-hydrogen) atoms. The molecule has 2 atom stereocenters. The van der Waals surface area contributed by atoms with Crippen LogP contribution in [0.1, 0.15) is 58.3 Å². The minimum Gasteiger partial charge on any atom is -0.353 e. The summed E-state index contributed by atoms with van der Waals surface area (Å²) in [5, 5.41) is 6.14. The first-order valence-corrected chi connectivity index (χ1v) is 10.6. The number of likely N-dealkylation sites (tertiary alicyclic amines) is 1. The SMILES string of the molecule is CC(CC(=O)N1CCCC(N2CCNCC2=O)C1)NC(=O)C1CCCCC1.Cl. The number of nitrogens with zero attached hydrogens (tertiary/aromatic N) is 2. The van der Waals surface area contributed by atoms with Gasteiger partial charge >= 0.3 is 0 Å². The van der Waals surface area contributed by atoms with Crippen LogP contribution in [0.5, 0.6) is 0 Å². The van der Waals surface area contributed by atoms with Crippen LogP contribution in [0, 0.1) is 5.92 Å². The van der Waals surface area contributed by atoms with Gasteiger partial charge in [0.1, 0.15) is 0 Å². The molecular formula is C20H35ClN4O3. The molecule has 0 radical (unpaired) electrons. The smallest absolute Gasteiger partial charge is 0.236 e.